The van der Waals surface area contributed by atoms with Crippen molar-refractivity contribution in [3.8, 4) is 0 Å². The molecule has 3 heterocycles. The third-order valence-corrected chi connectivity index (χ3v) is 5.56. The van der Waals surface area contributed by atoms with Crippen LogP contribution in [-0.4, -0.2) is 69.5 Å². The predicted molar refractivity (Wildman–Crippen MR) is 109 cm³/mol. The van der Waals surface area contributed by atoms with Gasteiger partial charge in [-0.1, -0.05) is 5.16 Å². The van der Waals surface area contributed by atoms with E-state index in [0.717, 1.165) is 30.8 Å². The van der Waals surface area contributed by atoms with E-state index >= 15 is 0 Å². The predicted octanol–water partition coefficient (Wildman–Crippen LogP) is 2.76. The molecule has 1 aromatic rings. The van der Waals surface area contributed by atoms with Crippen LogP contribution in [0.25, 0.3) is 0 Å². The maximum Gasteiger partial charge on any atom is 0.490 e. The van der Waals surface area contributed by atoms with Crippen molar-refractivity contribution in [3.05, 3.63) is 17.5 Å². The standard InChI is InChI=1S/C18H23F2N5O2.C2HF3O2/c1-11-6-12(2)22-16(21-11)25-5-3-4-17(10-25)9-14(24-27-17)15(26)23-13-7-18(19,20)8-13;3-2(4,5)1(6)7/h6,13H,3-5,7-10H2,1-2H3,(H,23,26);(H,6,7). The van der Waals surface area contributed by atoms with Gasteiger partial charge in [-0.15, -0.1) is 0 Å². The number of carbonyl (C=O) groups excluding carboxylic acids is 1. The number of carbonyl (C=O) groups is 2. The average Bonchev–Trinajstić information content (AvgIpc) is 3.09. The monoisotopic (exact) mass is 493 g/mol. The first-order valence-corrected chi connectivity index (χ1v) is 10.5. The van der Waals surface area contributed by atoms with E-state index in [0.29, 0.717) is 18.9 Å². The molecule has 34 heavy (non-hydrogen) atoms. The van der Waals surface area contributed by atoms with Gasteiger partial charge >= 0.3 is 12.1 Å². The molecule has 1 aromatic heterocycles. The molecular weight excluding hydrogens is 469 g/mol. The second-order valence-electron chi connectivity index (χ2n) is 8.70. The zero-order valence-electron chi connectivity index (χ0n) is 18.5. The van der Waals surface area contributed by atoms with Crippen molar-refractivity contribution >= 4 is 23.5 Å². The molecule has 1 saturated heterocycles. The summed E-state index contributed by atoms with van der Waals surface area (Å²) in [5.74, 6) is -5.17. The fourth-order valence-electron chi connectivity index (χ4n) is 4.01. The lowest BCUT2D eigenvalue weighted by Crippen LogP contribution is -2.53. The van der Waals surface area contributed by atoms with E-state index in [4.69, 9.17) is 14.7 Å². The lowest BCUT2D eigenvalue weighted by Gasteiger charge is -2.38. The van der Waals surface area contributed by atoms with Crippen molar-refractivity contribution < 1.29 is 41.5 Å². The Bertz CT molecular complexity index is 958. The zero-order chi connectivity index (χ0) is 25.3. The quantitative estimate of drug-likeness (QED) is 0.622. The number of alkyl halides is 5. The van der Waals surface area contributed by atoms with E-state index in [2.05, 4.69) is 25.3 Å². The number of aryl methyl sites for hydroxylation is 2. The average molecular weight is 493 g/mol. The molecule has 3 aliphatic rings. The summed E-state index contributed by atoms with van der Waals surface area (Å²) in [6.45, 7) is 5.21. The molecule has 1 atom stereocenters. The number of nitrogens with one attached hydrogen (secondary N) is 1. The Kier molecular flexibility index (Phi) is 6.99. The SMILES string of the molecule is Cc1cc(C)nc(N2CCCC3(CC(C(=O)NC4CC(F)(F)C4)=NO3)C2)n1.O=C(O)C(F)(F)F. The number of carboxylic acids is 1. The number of aromatic nitrogens is 2. The smallest absolute Gasteiger partial charge is 0.475 e. The lowest BCUT2D eigenvalue weighted by atomic mass is 9.86. The minimum atomic E-state index is -5.08. The zero-order valence-corrected chi connectivity index (χ0v) is 18.5. The number of nitrogens with zero attached hydrogens (tertiary/aromatic N) is 4. The van der Waals surface area contributed by atoms with E-state index in [9.17, 15) is 26.7 Å². The maximum atomic E-state index is 12.9. The van der Waals surface area contributed by atoms with Gasteiger partial charge < -0.3 is 20.2 Å². The molecule has 188 valence electrons. The van der Waals surface area contributed by atoms with Crippen molar-refractivity contribution in [2.45, 2.75) is 69.7 Å². The molecule has 0 bridgehead atoms. The maximum absolute atomic E-state index is 12.9. The third-order valence-electron chi connectivity index (χ3n) is 5.56. The number of carboxylic acid groups (broad SMARTS) is 1. The highest BCUT2D eigenvalue weighted by Gasteiger charge is 2.48. The Labute approximate surface area is 191 Å². The molecule has 2 N–H and O–H groups in total. The van der Waals surface area contributed by atoms with Crippen LogP contribution < -0.4 is 10.2 Å². The van der Waals surface area contributed by atoms with E-state index in [1.54, 1.807) is 0 Å². The Morgan fingerprint density at radius 1 is 1.21 bits per heavy atom. The van der Waals surface area contributed by atoms with Gasteiger partial charge in [-0.05, 0) is 32.8 Å². The van der Waals surface area contributed by atoms with E-state index in [1.165, 1.54) is 0 Å². The van der Waals surface area contributed by atoms with Gasteiger partial charge in [-0.25, -0.2) is 23.5 Å². The largest absolute Gasteiger partial charge is 0.490 e. The molecule has 0 aromatic carbocycles. The van der Waals surface area contributed by atoms with Crippen molar-refractivity contribution in [2.24, 2.45) is 5.16 Å². The Hall–Kier alpha value is -3.06. The summed E-state index contributed by atoms with van der Waals surface area (Å²) in [6, 6.07) is 1.43. The number of amides is 1. The molecule has 2 fully saturated rings. The molecule has 1 aliphatic carbocycles. The van der Waals surface area contributed by atoms with Crippen LogP contribution in [0.1, 0.15) is 43.5 Å². The Balaban J connectivity index is 0.000000406. The van der Waals surface area contributed by atoms with Crippen molar-refractivity contribution in [1.29, 1.82) is 0 Å². The van der Waals surface area contributed by atoms with Crippen LogP contribution in [0.4, 0.5) is 27.9 Å². The highest BCUT2D eigenvalue weighted by atomic mass is 19.4. The second-order valence-corrected chi connectivity index (χ2v) is 8.70. The van der Waals surface area contributed by atoms with E-state index < -0.39 is 35.6 Å². The molecule has 1 amide bonds. The third kappa shape index (κ3) is 6.29. The van der Waals surface area contributed by atoms with Gasteiger partial charge in [0.05, 0.1) is 6.54 Å². The first-order chi connectivity index (χ1) is 15.7. The minimum absolute atomic E-state index is 0.272. The summed E-state index contributed by atoms with van der Waals surface area (Å²) in [7, 11) is 0. The Morgan fingerprint density at radius 3 is 2.32 bits per heavy atom. The van der Waals surface area contributed by atoms with Gasteiger partial charge in [0.25, 0.3) is 11.8 Å². The van der Waals surface area contributed by atoms with Gasteiger partial charge in [0.15, 0.2) is 5.60 Å². The molecule has 4 rings (SSSR count). The normalized spacial score (nSPS) is 23.9. The number of piperidine rings is 1. The van der Waals surface area contributed by atoms with Crippen LogP contribution in [0, 0.1) is 13.8 Å². The molecule has 9 nitrogen and oxygen atoms in total. The topological polar surface area (TPSA) is 117 Å². The number of anilines is 1. The summed E-state index contributed by atoms with van der Waals surface area (Å²) < 4.78 is 57.6. The minimum Gasteiger partial charge on any atom is -0.475 e. The number of rotatable bonds is 3. The summed E-state index contributed by atoms with van der Waals surface area (Å²) >= 11 is 0. The molecular formula is C20H24F5N5O4. The molecule has 1 unspecified atom stereocenters. The van der Waals surface area contributed by atoms with Crippen LogP contribution >= 0.6 is 0 Å². The summed E-state index contributed by atoms with van der Waals surface area (Å²) in [5.41, 5.74) is 1.49. The van der Waals surface area contributed by atoms with Crippen LogP contribution in [0.5, 0.6) is 0 Å². The molecule has 1 spiro atoms. The Morgan fingerprint density at radius 2 is 1.79 bits per heavy atom. The van der Waals surface area contributed by atoms with Gasteiger partial charge in [-0.3, -0.25) is 4.79 Å². The summed E-state index contributed by atoms with van der Waals surface area (Å²) in [4.78, 5) is 38.0. The highest BCUT2D eigenvalue weighted by molar-refractivity contribution is 6.39. The number of oxime groups is 1. The number of aliphatic carboxylic acids is 1. The fraction of sp³-hybridized carbons (Fsp3) is 0.650. The number of hydrogen-bond acceptors (Lipinski definition) is 7. The van der Waals surface area contributed by atoms with Crippen LogP contribution in [0.3, 0.4) is 0 Å². The van der Waals surface area contributed by atoms with Crippen molar-refractivity contribution in [3.63, 3.8) is 0 Å². The fourth-order valence-corrected chi connectivity index (χ4v) is 4.01. The summed E-state index contributed by atoms with van der Waals surface area (Å²) in [6.07, 6.45) is -3.69. The van der Waals surface area contributed by atoms with Crippen LogP contribution in [-0.2, 0) is 14.4 Å². The lowest BCUT2D eigenvalue weighted by molar-refractivity contribution is -0.192. The van der Waals surface area contributed by atoms with Crippen molar-refractivity contribution in [2.75, 3.05) is 18.0 Å². The van der Waals surface area contributed by atoms with E-state index in [-0.39, 0.29) is 18.6 Å². The second kappa shape index (κ2) is 9.29. The molecule has 1 saturated carbocycles. The first-order valence-electron chi connectivity index (χ1n) is 10.5. The number of hydrogen-bond donors (Lipinski definition) is 2. The molecule has 2 aliphatic heterocycles. The van der Waals surface area contributed by atoms with E-state index in [1.807, 2.05) is 19.9 Å². The van der Waals surface area contributed by atoms with Crippen LogP contribution in [0.15, 0.2) is 11.2 Å². The first kappa shape index (κ1) is 25.6. The van der Waals surface area contributed by atoms with Crippen LogP contribution in [0.2, 0.25) is 0 Å². The van der Waals surface area contributed by atoms with Gasteiger partial charge in [0.2, 0.25) is 5.95 Å². The molecule has 14 heteroatoms. The van der Waals surface area contributed by atoms with Gasteiger partial charge in [-0.2, -0.15) is 13.2 Å². The highest BCUT2D eigenvalue weighted by Crippen LogP contribution is 2.38. The summed E-state index contributed by atoms with van der Waals surface area (Å²) in [5, 5.41) is 13.7. The molecule has 0 radical (unpaired) electrons. The van der Waals surface area contributed by atoms with Gasteiger partial charge in [0, 0.05) is 43.2 Å². The number of halogens is 5. The van der Waals surface area contributed by atoms with Crippen molar-refractivity contribution in [1.82, 2.24) is 15.3 Å². The van der Waals surface area contributed by atoms with Gasteiger partial charge in [0.1, 0.15) is 5.71 Å².